The van der Waals surface area contributed by atoms with Gasteiger partial charge in [0.1, 0.15) is 5.75 Å². The van der Waals surface area contributed by atoms with Gasteiger partial charge in [0, 0.05) is 6.54 Å². The lowest BCUT2D eigenvalue weighted by Gasteiger charge is -2.28. The monoisotopic (exact) mass is 327 g/mol. The predicted octanol–water partition coefficient (Wildman–Crippen LogP) is 1.59. The Morgan fingerprint density at radius 3 is 2.45 bits per heavy atom. The molecule has 1 unspecified atom stereocenters. The third-order valence-electron chi connectivity index (χ3n) is 3.91. The number of nitrogens with zero attached hydrogens (tertiary/aromatic N) is 1. The van der Waals surface area contributed by atoms with Crippen LogP contribution in [0.5, 0.6) is 5.75 Å². The summed E-state index contributed by atoms with van der Waals surface area (Å²) in [5.41, 5.74) is 1.22. The molecule has 1 aromatic rings. The molecule has 1 aromatic carbocycles. The molecule has 22 heavy (non-hydrogen) atoms. The Bertz CT molecular complexity index is 447. The third kappa shape index (κ3) is 5.16. The first kappa shape index (κ1) is 18.7. The number of likely N-dealkylation sites (N-methyl/N-ethyl adjacent to an activating group) is 1. The number of halogens is 1. The van der Waals surface area contributed by atoms with Crippen molar-refractivity contribution in [2.75, 3.05) is 40.3 Å². The van der Waals surface area contributed by atoms with E-state index < -0.39 is 0 Å². The number of ether oxygens (including phenoxy) is 1. The summed E-state index contributed by atoms with van der Waals surface area (Å²) in [5, 5.41) is 5.89. The minimum atomic E-state index is 0. The number of likely N-dealkylation sites (tertiary alicyclic amines) is 1. The summed E-state index contributed by atoms with van der Waals surface area (Å²) in [4.78, 5) is 14.1. The van der Waals surface area contributed by atoms with Crippen molar-refractivity contribution in [3.8, 4) is 5.75 Å². The van der Waals surface area contributed by atoms with Crippen LogP contribution in [0.3, 0.4) is 0 Å². The standard InChI is InChI=1S/C16H25N3O2.ClH/c1-17-12-16(20)18-11-15(19-9-3-4-10-19)13-5-7-14(21-2)8-6-13;/h5-8,15,17H,3-4,9-12H2,1-2H3,(H,18,20);1H. The van der Waals surface area contributed by atoms with Crippen molar-refractivity contribution in [3.05, 3.63) is 29.8 Å². The Morgan fingerprint density at radius 2 is 1.91 bits per heavy atom. The highest BCUT2D eigenvalue weighted by molar-refractivity contribution is 5.85. The van der Waals surface area contributed by atoms with Gasteiger partial charge in [-0.3, -0.25) is 9.69 Å². The van der Waals surface area contributed by atoms with Crippen LogP contribution >= 0.6 is 12.4 Å². The average Bonchev–Trinajstić information content (AvgIpc) is 3.02. The van der Waals surface area contributed by atoms with E-state index in [2.05, 4.69) is 27.7 Å². The smallest absolute Gasteiger partial charge is 0.234 e. The van der Waals surface area contributed by atoms with E-state index in [0.717, 1.165) is 18.8 Å². The Balaban J connectivity index is 0.00000242. The van der Waals surface area contributed by atoms with Crippen LogP contribution < -0.4 is 15.4 Å². The van der Waals surface area contributed by atoms with Gasteiger partial charge in [-0.15, -0.1) is 12.4 Å². The SMILES string of the molecule is CNCC(=O)NCC(c1ccc(OC)cc1)N1CCCC1.Cl. The highest BCUT2D eigenvalue weighted by Crippen LogP contribution is 2.26. The molecule has 1 amide bonds. The van der Waals surface area contributed by atoms with E-state index in [1.165, 1.54) is 18.4 Å². The fraction of sp³-hybridized carbons (Fsp3) is 0.562. The van der Waals surface area contributed by atoms with Crippen LogP contribution in [0.4, 0.5) is 0 Å². The molecule has 1 aliphatic heterocycles. The summed E-state index contributed by atoms with van der Waals surface area (Å²) >= 11 is 0. The van der Waals surface area contributed by atoms with Gasteiger partial charge >= 0.3 is 0 Å². The zero-order valence-corrected chi connectivity index (χ0v) is 14.1. The van der Waals surface area contributed by atoms with Gasteiger partial charge in [-0.2, -0.15) is 0 Å². The fourth-order valence-electron chi connectivity index (χ4n) is 2.77. The van der Waals surface area contributed by atoms with E-state index in [4.69, 9.17) is 4.74 Å². The zero-order valence-electron chi connectivity index (χ0n) is 13.3. The maximum atomic E-state index is 11.7. The van der Waals surface area contributed by atoms with E-state index in [1.807, 2.05) is 12.1 Å². The summed E-state index contributed by atoms with van der Waals surface area (Å²) in [6.45, 7) is 3.19. The molecule has 0 saturated carbocycles. The first-order chi connectivity index (χ1) is 10.2. The molecule has 1 atom stereocenters. The van der Waals surface area contributed by atoms with Crippen molar-refractivity contribution in [2.24, 2.45) is 0 Å². The first-order valence-corrected chi connectivity index (χ1v) is 7.54. The second-order valence-electron chi connectivity index (χ2n) is 5.37. The third-order valence-corrected chi connectivity index (χ3v) is 3.91. The van der Waals surface area contributed by atoms with Crippen LogP contribution in [0.2, 0.25) is 0 Å². The number of amides is 1. The van der Waals surface area contributed by atoms with Crippen molar-refractivity contribution in [3.63, 3.8) is 0 Å². The Labute approximate surface area is 138 Å². The highest BCUT2D eigenvalue weighted by Gasteiger charge is 2.23. The van der Waals surface area contributed by atoms with E-state index in [9.17, 15) is 4.79 Å². The number of hydrogen-bond donors (Lipinski definition) is 2. The quantitative estimate of drug-likeness (QED) is 0.798. The van der Waals surface area contributed by atoms with Gasteiger partial charge in [-0.1, -0.05) is 12.1 Å². The van der Waals surface area contributed by atoms with Gasteiger partial charge < -0.3 is 15.4 Å². The maximum absolute atomic E-state index is 11.7. The lowest BCUT2D eigenvalue weighted by molar-refractivity contribution is -0.120. The fourth-order valence-corrected chi connectivity index (χ4v) is 2.77. The van der Waals surface area contributed by atoms with Crippen molar-refractivity contribution >= 4 is 18.3 Å². The van der Waals surface area contributed by atoms with Gasteiger partial charge in [-0.25, -0.2) is 0 Å². The number of rotatable bonds is 7. The molecule has 124 valence electrons. The number of methoxy groups -OCH3 is 1. The number of carbonyl (C=O) groups excluding carboxylic acids is 1. The number of carbonyl (C=O) groups is 1. The molecule has 6 heteroatoms. The highest BCUT2D eigenvalue weighted by atomic mass is 35.5. The molecule has 2 N–H and O–H groups in total. The molecule has 0 aromatic heterocycles. The molecule has 1 aliphatic rings. The summed E-state index contributed by atoms with van der Waals surface area (Å²) < 4.78 is 5.21. The Kier molecular flexibility index (Phi) is 8.24. The van der Waals surface area contributed by atoms with Crippen molar-refractivity contribution in [1.82, 2.24) is 15.5 Å². The van der Waals surface area contributed by atoms with Crippen LogP contribution in [0.15, 0.2) is 24.3 Å². The average molecular weight is 328 g/mol. The van der Waals surface area contributed by atoms with Crippen LogP contribution in [-0.4, -0.2) is 51.1 Å². The van der Waals surface area contributed by atoms with E-state index in [-0.39, 0.29) is 24.4 Å². The molecule has 1 heterocycles. The summed E-state index contributed by atoms with van der Waals surface area (Å²) in [7, 11) is 3.45. The Morgan fingerprint density at radius 1 is 1.27 bits per heavy atom. The minimum Gasteiger partial charge on any atom is -0.497 e. The topological polar surface area (TPSA) is 53.6 Å². The van der Waals surface area contributed by atoms with E-state index >= 15 is 0 Å². The first-order valence-electron chi connectivity index (χ1n) is 7.54. The lowest BCUT2D eigenvalue weighted by atomic mass is 10.1. The van der Waals surface area contributed by atoms with Gasteiger partial charge in [0.15, 0.2) is 0 Å². The van der Waals surface area contributed by atoms with Crippen molar-refractivity contribution in [2.45, 2.75) is 18.9 Å². The molecule has 5 nitrogen and oxygen atoms in total. The van der Waals surface area contributed by atoms with Crippen molar-refractivity contribution in [1.29, 1.82) is 0 Å². The molecule has 0 bridgehead atoms. The van der Waals surface area contributed by atoms with Crippen LogP contribution in [-0.2, 0) is 4.79 Å². The summed E-state index contributed by atoms with van der Waals surface area (Å²) in [6, 6.07) is 8.37. The van der Waals surface area contributed by atoms with E-state index in [0.29, 0.717) is 13.1 Å². The van der Waals surface area contributed by atoms with Gasteiger partial charge in [0.05, 0.1) is 19.7 Å². The summed E-state index contributed by atoms with van der Waals surface area (Å²) in [5.74, 6) is 0.897. The van der Waals surface area contributed by atoms with Crippen molar-refractivity contribution < 1.29 is 9.53 Å². The molecule has 0 spiro atoms. The second kappa shape index (κ2) is 9.66. The molecule has 1 fully saturated rings. The van der Waals surface area contributed by atoms with Crippen LogP contribution in [0.25, 0.3) is 0 Å². The molecular formula is C16H26ClN3O2. The number of hydrogen-bond acceptors (Lipinski definition) is 4. The largest absolute Gasteiger partial charge is 0.497 e. The van der Waals surface area contributed by atoms with Gasteiger partial charge in [0.2, 0.25) is 5.91 Å². The van der Waals surface area contributed by atoms with Crippen LogP contribution in [0, 0.1) is 0 Å². The van der Waals surface area contributed by atoms with E-state index in [1.54, 1.807) is 14.2 Å². The minimum absolute atomic E-state index is 0. The van der Waals surface area contributed by atoms with Gasteiger partial charge in [-0.05, 0) is 50.7 Å². The lowest BCUT2D eigenvalue weighted by Crippen LogP contribution is -2.39. The maximum Gasteiger partial charge on any atom is 0.234 e. The number of benzene rings is 1. The molecule has 2 rings (SSSR count). The Hall–Kier alpha value is -1.30. The summed E-state index contributed by atoms with van der Waals surface area (Å²) in [6.07, 6.45) is 2.47. The van der Waals surface area contributed by atoms with Gasteiger partial charge in [0.25, 0.3) is 0 Å². The predicted molar refractivity (Wildman–Crippen MR) is 90.7 cm³/mol. The molecule has 1 saturated heterocycles. The number of nitrogens with one attached hydrogen (secondary N) is 2. The molecule has 0 aliphatic carbocycles. The second-order valence-corrected chi connectivity index (χ2v) is 5.37. The zero-order chi connectivity index (χ0) is 15.1. The van der Waals surface area contributed by atoms with Crippen LogP contribution in [0.1, 0.15) is 24.4 Å². The molecule has 0 radical (unpaired) electrons. The molecular weight excluding hydrogens is 302 g/mol. The normalized spacial score (nSPS) is 15.9.